The highest BCUT2D eigenvalue weighted by molar-refractivity contribution is 7.89. The number of nitrogens with one attached hydrogen (secondary N) is 1. The molecule has 0 bridgehead atoms. The first-order chi connectivity index (χ1) is 14.4. The lowest BCUT2D eigenvalue weighted by atomic mass is 10.2. The minimum absolute atomic E-state index is 0.0440. The molecule has 2 saturated heterocycles. The van der Waals surface area contributed by atoms with E-state index >= 15 is 0 Å². The summed E-state index contributed by atoms with van der Waals surface area (Å²) >= 11 is 0. The molecule has 0 radical (unpaired) electrons. The van der Waals surface area contributed by atoms with E-state index in [1.165, 1.54) is 28.6 Å². The highest BCUT2D eigenvalue weighted by atomic mass is 32.2. The Morgan fingerprint density at radius 3 is 2.07 bits per heavy atom. The fraction of sp³-hybridized carbons (Fsp3) is 0.500. The van der Waals surface area contributed by atoms with Gasteiger partial charge in [0.25, 0.3) is 0 Å². The summed E-state index contributed by atoms with van der Waals surface area (Å²) in [6, 6.07) is 8.92. The lowest BCUT2D eigenvalue weighted by molar-refractivity contribution is 0.216. The molecule has 2 fully saturated rings. The topological polar surface area (TPSA) is 99.9 Å². The zero-order valence-electron chi connectivity index (χ0n) is 16.7. The third-order valence-corrected chi connectivity index (χ3v) is 9.11. The van der Waals surface area contributed by atoms with Crippen LogP contribution in [0.1, 0.15) is 37.5 Å². The van der Waals surface area contributed by atoms with Crippen LogP contribution >= 0.6 is 0 Å². The number of hydrogen-bond donors (Lipinski definition) is 1. The van der Waals surface area contributed by atoms with E-state index in [1.54, 1.807) is 12.3 Å². The van der Waals surface area contributed by atoms with Crippen LogP contribution in [-0.4, -0.2) is 58.8 Å². The quantitative estimate of drug-likeness (QED) is 0.658. The highest BCUT2D eigenvalue weighted by Crippen LogP contribution is 2.26. The number of benzene rings is 1. The van der Waals surface area contributed by atoms with Crippen molar-refractivity contribution in [3.8, 4) is 0 Å². The van der Waals surface area contributed by atoms with Crippen LogP contribution in [0.25, 0.3) is 0 Å². The molecule has 1 aromatic heterocycles. The second-order valence-corrected chi connectivity index (χ2v) is 11.4. The van der Waals surface area contributed by atoms with Gasteiger partial charge >= 0.3 is 0 Å². The van der Waals surface area contributed by atoms with E-state index in [1.807, 2.05) is 6.07 Å². The van der Waals surface area contributed by atoms with E-state index in [4.69, 9.17) is 4.42 Å². The Kier molecular flexibility index (Phi) is 6.31. The molecule has 1 unspecified atom stereocenters. The van der Waals surface area contributed by atoms with Crippen LogP contribution in [0, 0.1) is 0 Å². The first-order valence-corrected chi connectivity index (χ1v) is 13.2. The van der Waals surface area contributed by atoms with E-state index < -0.39 is 20.0 Å². The Hall–Kier alpha value is -1.72. The van der Waals surface area contributed by atoms with E-state index in [0.29, 0.717) is 13.1 Å². The lowest BCUT2D eigenvalue weighted by Crippen LogP contribution is -2.36. The van der Waals surface area contributed by atoms with Crippen LogP contribution in [0.5, 0.6) is 0 Å². The molecule has 8 nitrogen and oxygen atoms in total. The summed E-state index contributed by atoms with van der Waals surface area (Å²) < 4.78 is 60.5. The SMILES string of the molecule is O=S(=O)(NCC(c1ccco1)N1CCCC1)c1ccc(S(=O)(=O)N2CCCC2)cc1. The molecule has 1 aromatic carbocycles. The molecule has 30 heavy (non-hydrogen) atoms. The van der Waals surface area contributed by atoms with Gasteiger partial charge in [-0.3, -0.25) is 4.90 Å². The van der Waals surface area contributed by atoms with E-state index in [9.17, 15) is 16.8 Å². The van der Waals surface area contributed by atoms with Gasteiger partial charge in [0.05, 0.1) is 22.1 Å². The Morgan fingerprint density at radius 2 is 1.47 bits per heavy atom. The van der Waals surface area contributed by atoms with Gasteiger partial charge in [0.15, 0.2) is 0 Å². The van der Waals surface area contributed by atoms with Gasteiger partial charge in [0.1, 0.15) is 5.76 Å². The lowest BCUT2D eigenvalue weighted by Gasteiger charge is -2.26. The molecule has 10 heteroatoms. The molecule has 1 N–H and O–H groups in total. The summed E-state index contributed by atoms with van der Waals surface area (Å²) in [6.45, 7) is 3.00. The number of sulfonamides is 2. The molecule has 1 atom stereocenters. The smallest absolute Gasteiger partial charge is 0.243 e. The van der Waals surface area contributed by atoms with E-state index in [-0.39, 0.29) is 22.4 Å². The van der Waals surface area contributed by atoms with Crippen molar-refractivity contribution in [3.05, 3.63) is 48.4 Å². The second-order valence-electron chi connectivity index (χ2n) is 7.71. The first kappa shape index (κ1) is 21.5. The van der Waals surface area contributed by atoms with Crippen molar-refractivity contribution >= 4 is 20.0 Å². The van der Waals surface area contributed by atoms with Crippen LogP contribution in [0.4, 0.5) is 0 Å². The summed E-state index contributed by atoms with van der Waals surface area (Å²) in [6.07, 6.45) is 5.45. The van der Waals surface area contributed by atoms with Gasteiger partial charge in [-0.15, -0.1) is 0 Å². The Morgan fingerprint density at radius 1 is 0.867 bits per heavy atom. The van der Waals surface area contributed by atoms with Gasteiger partial charge in [0.2, 0.25) is 20.0 Å². The fourth-order valence-electron chi connectivity index (χ4n) is 4.08. The van der Waals surface area contributed by atoms with Crippen molar-refractivity contribution in [2.45, 2.75) is 41.5 Å². The zero-order chi connectivity index (χ0) is 21.2. The molecule has 3 heterocycles. The molecule has 164 valence electrons. The maximum atomic E-state index is 12.8. The van der Waals surface area contributed by atoms with Gasteiger partial charge in [-0.2, -0.15) is 4.31 Å². The van der Waals surface area contributed by atoms with Crippen molar-refractivity contribution in [2.75, 3.05) is 32.7 Å². The van der Waals surface area contributed by atoms with Gasteiger partial charge in [-0.25, -0.2) is 21.6 Å². The summed E-state index contributed by atoms with van der Waals surface area (Å²) in [5.41, 5.74) is 0. The standard InChI is InChI=1S/C20H27N3O5S2/c24-29(25,21-16-19(20-6-5-15-28-20)22-11-1-2-12-22)17-7-9-18(10-8-17)30(26,27)23-13-3-4-14-23/h5-10,15,19,21H,1-4,11-14,16H2. The molecular weight excluding hydrogens is 426 g/mol. The van der Waals surface area contributed by atoms with Crippen molar-refractivity contribution in [2.24, 2.45) is 0 Å². The molecule has 2 aliphatic heterocycles. The van der Waals surface area contributed by atoms with E-state index in [2.05, 4.69) is 9.62 Å². The average molecular weight is 454 g/mol. The number of rotatable bonds is 8. The summed E-state index contributed by atoms with van der Waals surface area (Å²) in [5.74, 6) is 0.728. The van der Waals surface area contributed by atoms with Crippen LogP contribution < -0.4 is 4.72 Å². The number of hydrogen-bond acceptors (Lipinski definition) is 6. The summed E-state index contributed by atoms with van der Waals surface area (Å²) in [5, 5.41) is 0. The van der Waals surface area contributed by atoms with Crippen molar-refractivity contribution in [1.82, 2.24) is 13.9 Å². The minimum atomic E-state index is -3.78. The molecule has 2 aliphatic rings. The number of furan rings is 1. The molecule has 0 spiro atoms. The Balaban J connectivity index is 1.47. The van der Waals surface area contributed by atoms with Crippen molar-refractivity contribution in [1.29, 1.82) is 0 Å². The van der Waals surface area contributed by atoms with Crippen LogP contribution in [0.15, 0.2) is 56.9 Å². The largest absolute Gasteiger partial charge is 0.468 e. The normalized spacial score (nSPS) is 20.0. The van der Waals surface area contributed by atoms with Crippen LogP contribution in [0.3, 0.4) is 0 Å². The number of nitrogens with zero attached hydrogens (tertiary/aromatic N) is 2. The molecule has 0 aliphatic carbocycles. The first-order valence-electron chi connectivity index (χ1n) is 10.3. The van der Waals surface area contributed by atoms with Gasteiger partial charge in [-0.1, -0.05) is 0 Å². The monoisotopic (exact) mass is 453 g/mol. The second kappa shape index (κ2) is 8.80. The average Bonchev–Trinajstić information content (AvgIpc) is 3.51. The van der Waals surface area contributed by atoms with Crippen molar-refractivity contribution in [3.63, 3.8) is 0 Å². The molecule has 0 saturated carbocycles. The zero-order valence-corrected chi connectivity index (χ0v) is 18.4. The third-order valence-electron chi connectivity index (χ3n) is 5.76. The molecule has 4 rings (SSSR count). The fourth-order valence-corrected chi connectivity index (χ4v) is 6.64. The van der Waals surface area contributed by atoms with Crippen LogP contribution in [0.2, 0.25) is 0 Å². The predicted octanol–water partition coefficient (Wildman–Crippen LogP) is 2.18. The summed E-state index contributed by atoms with van der Waals surface area (Å²) in [7, 11) is -7.35. The molecular formula is C20H27N3O5S2. The Bertz CT molecular complexity index is 1040. The maximum absolute atomic E-state index is 12.8. The Labute approximate surface area is 178 Å². The third kappa shape index (κ3) is 4.47. The predicted molar refractivity (Wildman–Crippen MR) is 112 cm³/mol. The minimum Gasteiger partial charge on any atom is -0.468 e. The number of likely N-dealkylation sites (tertiary alicyclic amines) is 1. The van der Waals surface area contributed by atoms with Crippen LogP contribution in [-0.2, 0) is 20.0 Å². The van der Waals surface area contributed by atoms with Gasteiger partial charge in [0, 0.05) is 19.6 Å². The molecule has 0 amide bonds. The molecule has 2 aromatic rings. The maximum Gasteiger partial charge on any atom is 0.243 e. The van der Waals surface area contributed by atoms with E-state index in [0.717, 1.165) is 44.5 Å². The van der Waals surface area contributed by atoms with Gasteiger partial charge in [-0.05, 0) is 75.2 Å². The van der Waals surface area contributed by atoms with Crippen molar-refractivity contribution < 1.29 is 21.3 Å². The summed E-state index contributed by atoms with van der Waals surface area (Å²) in [4.78, 5) is 2.38. The van der Waals surface area contributed by atoms with Gasteiger partial charge < -0.3 is 4.42 Å². The highest BCUT2D eigenvalue weighted by Gasteiger charge is 2.29.